The van der Waals surface area contributed by atoms with Crippen LogP contribution in [0.3, 0.4) is 0 Å². The van der Waals surface area contributed by atoms with Crippen molar-refractivity contribution < 1.29 is 33.0 Å². The Morgan fingerprint density at radius 1 is 1.05 bits per heavy atom. The molecule has 0 bridgehead atoms. The predicted molar refractivity (Wildman–Crippen MR) is 131 cm³/mol. The molecule has 0 spiro atoms. The highest BCUT2D eigenvalue weighted by Gasteiger charge is 2.36. The molecule has 2 aromatic carbocycles. The van der Waals surface area contributed by atoms with Gasteiger partial charge in [-0.1, -0.05) is 0 Å². The summed E-state index contributed by atoms with van der Waals surface area (Å²) in [6.07, 6.45) is 0.345. The van der Waals surface area contributed by atoms with Gasteiger partial charge in [-0.25, -0.2) is 13.9 Å². The fourth-order valence-electron chi connectivity index (χ4n) is 4.55. The van der Waals surface area contributed by atoms with Gasteiger partial charge in [0.25, 0.3) is 11.8 Å². The number of esters is 1. The largest absolute Gasteiger partial charge is 0.494 e. The van der Waals surface area contributed by atoms with E-state index in [1.54, 1.807) is 47.1 Å². The highest BCUT2D eigenvalue weighted by Crippen LogP contribution is 2.31. The van der Waals surface area contributed by atoms with Crippen LogP contribution in [0, 0.1) is 5.82 Å². The first-order chi connectivity index (χ1) is 17.9. The molecular formula is C26H25FN4O6. The molecule has 1 fully saturated rings. The summed E-state index contributed by atoms with van der Waals surface area (Å²) in [5, 5.41) is 4.37. The molecule has 1 saturated heterocycles. The number of anilines is 2. The summed E-state index contributed by atoms with van der Waals surface area (Å²) in [7, 11) is 1.36. The fourth-order valence-corrected chi connectivity index (χ4v) is 4.55. The van der Waals surface area contributed by atoms with Gasteiger partial charge < -0.3 is 24.0 Å². The van der Waals surface area contributed by atoms with Gasteiger partial charge in [-0.05, 0) is 49.7 Å². The summed E-state index contributed by atoms with van der Waals surface area (Å²) < 4.78 is 31.1. The number of ether oxygens (including phenoxy) is 3. The summed E-state index contributed by atoms with van der Waals surface area (Å²) >= 11 is 0. The molecule has 0 saturated carbocycles. The third-order valence-electron chi connectivity index (χ3n) is 6.32. The Labute approximate surface area is 212 Å². The highest BCUT2D eigenvalue weighted by molar-refractivity contribution is 6.09. The molecule has 10 nitrogen and oxygen atoms in total. The Balaban J connectivity index is 1.52. The van der Waals surface area contributed by atoms with Crippen LogP contribution in [-0.4, -0.2) is 67.6 Å². The van der Waals surface area contributed by atoms with E-state index in [1.165, 1.54) is 23.9 Å². The van der Waals surface area contributed by atoms with Crippen LogP contribution in [0.5, 0.6) is 5.75 Å². The number of nitrogens with zero attached hydrogens (tertiary/aromatic N) is 4. The lowest BCUT2D eigenvalue weighted by Crippen LogP contribution is -2.41. The Kier molecular flexibility index (Phi) is 6.62. The molecule has 2 aliphatic heterocycles. The SMILES string of the molecule is CCOC(=O)c1nn(-c2ccc(OC)c(F)c2)c2c1CCN(c1ccc(N3CCOCC3=O)cc1)C2=O. The summed E-state index contributed by atoms with van der Waals surface area (Å²) in [4.78, 5) is 41.8. The lowest BCUT2D eigenvalue weighted by molar-refractivity contribution is -0.125. The van der Waals surface area contributed by atoms with E-state index in [2.05, 4.69) is 5.10 Å². The maximum atomic E-state index is 14.5. The van der Waals surface area contributed by atoms with Gasteiger partial charge in [-0.15, -0.1) is 0 Å². The van der Waals surface area contributed by atoms with Gasteiger partial charge in [-0.2, -0.15) is 5.10 Å². The summed E-state index contributed by atoms with van der Waals surface area (Å²) in [6, 6.07) is 11.3. The third kappa shape index (κ3) is 4.42. The number of fused-ring (bicyclic) bond motifs is 1. The highest BCUT2D eigenvalue weighted by atomic mass is 19.1. The number of amides is 2. The van der Waals surface area contributed by atoms with E-state index in [-0.39, 0.29) is 41.9 Å². The second-order valence-corrected chi connectivity index (χ2v) is 8.45. The molecular weight excluding hydrogens is 483 g/mol. The number of benzene rings is 2. The minimum absolute atomic E-state index is 0.0299. The van der Waals surface area contributed by atoms with E-state index < -0.39 is 17.7 Å². The van der Waals surface area contributed by atoms with Gasteiger partial charge in [0.2, 0.25) is 0 Å². The molecule has 0 aliphatic carbocycles. The first-order valence-corrected chi connectivity index (χ1v) is 11.9. The van der Waals surface area contributed by atoms with Crippen LogP contribution in [0.25, 0.3) is 5.69 Å². The van der Waals surface area contributed by atoms with Crippen LogP contribution in [0.4, 0.5) is 15.8 Å². The van der Waals surface area contributed by atoms with Crippen LogP contribution in [-0.2, 0) is 20.7 Å². The molecule has 1 aromatic heterocycles. The number of carbonyl (C=O) groups excluding carboxylic acids is 3. The van der Waals surface area contributed by atoms with Crippen molar-refractivity contribution in [3.63, 3.8) is 0 Å². The molecule has 2 amide bonds. The van der Waals surface area contributed by atoms with Gasteiger partial charge in [0.1, 0.15) is 12.3 Å². The van der Waals surface area contributed by atoms with Crippen molar-refractivity contribution in [2.75, 3.05) is 49.8 Å². The minimum Gasteiger partial charge on any atom is -0.494 e. The zero-order valence-electron chi connectivity index (χ0n) is 20.4. The molecule has 0 atom stereocenters. The van der Waals surface area contributed by atoms with Gasteiger partial charge >= 0.3 is 5.97 Å². The van der Waals surface area contributed by atoms with Crippen molar-refractivity contribution in [1.29, 1.82) is 0 Å². The Bertz CT molecular complexity index is 1370. The predicted octanol–water partition coefficient (Wildman–Crippen LogP) is 2.76. The lowest BCUT2D eigenvalue weighted by Gasteiger charge is -2.29. The quantitative estimate of drug-likeness (QED) is 0.472. The minimum atomic E-state index is -0.646. The van der Waals surface area contributed by atoms with Crippen molar-refractivity contribution in [3.8, 4) is 11.4 Å². The van der Waals surface area contributed by atoms with E-state index in [0.29, 0.717) is 43.1 Å². The van der Waals surface area contributed by atoms with Crippen molar-refractivity contribution in [3.05, 3.63) is 65.2 Å². The smallest absolute Gasteiger partial charge is 0.359 e. The van der Waals surface area contributed by atoms with E-state index >= 15 is 0 Å². The molecule has 0 radical (unpaired) electrons. The summed E-state index contributed by atoms with van der Waals surface area (Å²) in [5.41, 5.74) is 2.23. The van der Waals surface area contributed by atoms with E-state index in [0.717, 1.165) is 0 Å². The molecule has 2 aliphatic rings. The first kappa shape index (κ1) is 24.4. The number of hydrogen-bond acceptors (Lipinski definition) is 7. The van der Waals surface area contributed by atoms with Crippen LogP contribution in [0.2, 0.25) is 0 Å². The van der Waals surface area contributed by atoms with Gasteiger partial charge in [0, 0.05) is 36.1 Å². The maximum absolute atomic E-state index is 14.5. The average Bonchev–Trinajstić information content (AvgIpc) is 3.30. The molecule has 5 rings (SSSR count). The number of aromatic nitrogens is 2. The van der Waals surface area contributed by atoms with Crippen LogP contribution < -0.4 is 14.5 Å². The van der Waals surface area contributed by atoms with Crippen molar-refractivity contribution >= 4 is 29.2 Å². The summed E-state index contributed by atoms with van der Waals surface area (Å²) in [5.74, 6) is -1.75. The van der Waals surface area contributed by atoms with E-state index in [4.69, 9.17) is 14.2 Å². The van der Waals surface area contributed by atoms with Gasteiger partial charge in [0.15, 0.2) is 17.3 Å². The maximum Gasteiger partial charge on any atom is 0.359 e. The van der Waals surface area contributed by atoms with Crippen molar-refractivity contribution in [2.24, 2.45) is 0 Å². The van der Waals surface area contributed by atoms with Crippen LogP contribution in [0.15, 0.2) is 42.5 Å². The Hall–Kier alpha value is -4.25. The fraction of sp³-hybridized carbons (Fsp3) is 0.308. The zero-order chi connectivity index (χ0) is 26.1. The number of morpholine rings is 1. The van der Waals surface area contributed by atoms with Crippen LogP contribution >= 0.6 is 0 Å². The second-order valence-electron chi connectivity index (χ2n) is 8.45. The van der Waals surface area contributed by atoms with Crippen molar-refractivity contribution in [1.82, 2.24) is 9.78 Å². The lowest BCUT2D eigenvalue weighted by atomic mass is 10.0. The van der Waals surface area contributed by atoms with E-state index in [1.807, 2.05) is 0 Å². The second kappa shape index (κ2) is 10.0. The summed E-state index contributed by atoms with van der Waals surface area (Å²) in [6.45, 7) is 3.08. The number of halogens is 1. The Morgan fingerprint density at radius 3 is 2.41 bits per heavy atom. The standard InChI is InChI=1S/C26H25FN4O6/c1-3-37-26(34)23-19-10-11-30(17-6-4-16(5-7-17)29-12-13-36-15-22(29)32)25(33)24(19)31(28-23)18-8-9-21(35-2)20(27)14-18/h4-9,14H,3,10-13,15H2,1-2H3. The molecule has 3 heterocycles. The number of rotatable bonds is 6. The molecule has 11 heteroatoms. The normalized spacial score (nSPS) is 15.5. The monoisotopic (exact) mass is 508 g/mol. The number of hydrogen-bond donors (Lipinski definition) is 0. The molecule has 192 valence electrons. The van der Waals surface area contributed by atoms with E-state index in [9.17, 15) is 18.8 Å². The van der Waals surface area contributed by atoms with Crippen LogP contribution in [0.1, 0.15) is 33.5 Å². The average molecular weight is 509 g/mol. The Morgan fingerprint density at radius 2 is 1.76 bits per heavy atom. The third-order valence-corrected chi connectivity index (χ3v) is 6.32. The number of methoxy groups -OCH3 is 1. The molecule has 0 unspecified atom stereocenters. The molecule has 0 N–H and O–H groups in total. The molecule has 3 aromatic rings. The molecule has 37 heavy (non-hydrogen) atoms. The zero-order valence-corrected chi connectivity index (χ0v) is 20.4. The van der Waals surface area contributed by atoms with Crippen molar-refractivity contribution in [2.45, 2.75) is 13.3 Å². The first-order valence-electron chi connectivity index (χ1n) is 11.9. The number of carbonyl (C=O) groups is 3. The topological polar surface area (TPSA) is 103 Å². The van der Waals surface area contributed by atoms with Gasteiger partial charge in [-0.3, -0.25) is 9.59 Å². The van der Waals surface area contributed by atoms with Gasteiger partial charge in [0.05, 0.1) is 26.0 Å².